The molecule has 3 rings (SSSR count). The van der Waals surface area contributed by atoms with Crippen LogP contribution in [-0.2, 0) is 6.54 Å². The second-order valence-electron chi connectivity index (χ2n) is 5.96. The van der Waals surface area contributed by atoms with E-state index in [-0.39, 0.29) is 18.1 Å². The Morgan fingerprint density at radius 1 is 1.36 bits per heavy atom. The van der Waals surface area contributed by atoms with Gasteiger partial charge in [0.05, 0.1) is 11.9 Å². The molecule has 0 aliphatic carbocycles. The minimum absolute atomic E-state index is 0.00928. The van der Waals surface area contributed by atoms with Crippen molar-refractivity contribution in [2.24, 2.45) is 0 Å². The lowest BCUT2D eigenvalue weighted by Crippen LogP contribution is -2.26. The summed E-state index contributed by atoms with van der Waals surface area (Å²) >= 11 is 0. The number of nitrogens with two attached hydrogens (primary N) is 1. The molecule has 0 bridgehead atoms. The summed E-state index contributed by atoms with van der Waals surface area (Å²) in [6.07, 6.45) is 4.19. The highest BCUT2D eigenvalue weighted by molar-refractivity contribution is 5.97. The normalized spacial score (nSPS) is 10.5. The van der Waals surface area contributed by atoms with Gasteiger partial charge < -0.3 is 26.2 Å². The van der Waals surface area contributed by atoms with Gasteiger partial charge in [0.15, 0.2) is 11.5 Å². The maximum Gasteiger partial charge on any atom is 0.273 e. The van der Waals surface area contributed by atoms with Crippen LogP contribution >= 0.6 is 0 Å². The van der Waals surface area contributed by atoms with Gasteiger partial charge in [-0.3, -0.25) is 4.79 Å². The standard InChI is InChI=1S/C19H21N7O2/c1-3-22-14-6-4-5-12(13(14)9-20)10-24-18(27)16-17(21)26-15(11(2)25-16)19-23-7-8-28-19/h4-9,20,22H,3,10H2,1-2H3,(H2,21,26)(H,24,27). The fraction of sp³-hybridized carbons (Fsp3) is 0.211. The summed E-state index contributed by atoms with van der Waals surface area (Å²) in [5.41, 5.74) is 9.22. The minimum Gasteiger partial charge on any atom is -0.443 e. The van der Waals surface area contributed by atoms with Crippen molar-refractivity contribution in [2.45, 2.75) is 20.4 Å². The number of oxazole rings is 1. The molecule has 0 radical (unpaired) electrons. The SMILES string of the molecule is CCNc1cccc(CNC(=O)c2nc(C)c(-c3ncco3)nc2N)c1C=N. The Hall–Kier alpha value is -3.75. The third-order valence-corrected chi connectivity index (χ3v) is 4.09. The van der Waals surface area contributed by atoms with Gasteiger partial charge in [-0.2, -0.15) is 0 Å². The molecule has 9 heteroatoms. The Bertz CT molecular complexity index is 1000. The smallest absolute Gasteiger partial charge is 0.273 e. The van der Waals surface area contributed by atoms with Gasteiger partial charge in [0.1, 0.15) is 12.0 Å². The number of nitrogen functional groups attached to an aromatic ring is 1. The first-order chi connectivity index (χ1) is 13.5. The molecular weight excluding hydrogens is 358 g/mol. The van der Waals surface area contributed by atoms with Crippen molar-refractivity contribution < 1.29 is 9.21 Å². The second kappa shape index (κ2) is 8.30. The van der Waals surface area contributed by atoms with E-state index in [0.29, 0.717) is 17.3 Å². The Kier molecular flexibility index (Phi) is 5.64. The zero-order valence-electron chi connectivity index (χ0n) is 15.6. The lowest BCUT2D eigenvalue weighted by molar-refractivity contribution is 0.0946. The fourth-order valence-corrected chi connectivity index (χ4v) is 2.78. The number of aromatic nitrogens is 3. The molecule has 5 N–H and O–H groups in total. The second-order valence-corrected chi connectivity index (χ2v) is 5.96. The summed E-state index contributed by atoms with van der Waals surface area (Å²) in [6, 6.07) is 5.62. The summed E-state index contributed by atoms with van der Waals surface area (Å²) in [4.78, 5) is 25.1. The monoisotopic (exact) mass is 379 g/mol. The zero-order valence-corrected chi connectivity index (χ0v) is 15.6. The molecule has 0 saturated heterocycles. The number of nitrogens with zero attached hydrogens (tertiary/aromatic N) is 3. The highest BCUT2D eigenvalue weighted by Crippen LogP contribution is 2.21. The maximum atomic E-state index is 12.6. The molecule has 0 aliphatic heterocycles. The molecule has 2 aromatic heterocycles. The molecule has 2 heterocycles. The fourth-order valence-electron chi connectivity index (χ4n) is 2.78. The quantitative estimate of drug-likeness (QED) is 0.461. The molecule has 0 spiro atoms. The van der Waals surface area contributed by atoms with E-state index < -0.39 is 5.91 Å². The highest BCUT2D eigenvalue weighted by atomic mass is 16.3. The minimum atomic E-state index is -0.447. The maximum absolute atomic E-state index is 12.6. The van der Waals surface area contributed by atoms with Crippen LogP contribution in [0, 0.1) is 12.3 Å². The molecule has 0 aliphatic rings. The van der Waals surface area contributed by atoms with Crippen LogP contribution < -0.4 is 16.4 Å². The number of aryl methyl sites for hydroxylation is 1. The lowest BCUT2D eigenvalue weighted by Gasteiger charge is -2.13. The summed E-state index contributed by atoms with van der Waals surface area (Å²) in [7, 11) is 0. The van der Waals surface area contributed by atoms with Crippen LogP contribution in [0.2, 0.25) is 0 Å². The van der Waals surface area contributed by atoms with Crippen LogP contribution in [0.25, 0.3) is 11.6 Å². The molecule has 3 aromatic rings. The number of carbonyl (C=O) groups is 1. The molecule has 0 saturated carbocycles. The van der Waals surface area contributed by atoms with Gasteiger partial charge >= 0.3 is 0 Å². The van der Waals surface area contributed by atoms with E-state index in [1.165, 1.54) is 18.7 Å². The third kappa shape index (κ3) is 3.83. The van der Waals surface area contributed by atoms with Crippen molar-refractivity contribution in [1.82, 2.24) is 20.3 Å². The van der Waals surface area contributed by atoms with Crippen LogP contribution in [0.4, 0.5) is 11.5 Å². The van der Waals surface area contributed by atoms with E-state index in [4.69, 9.17) is 15.6 Å². The number of hydrogen-bond acceptors (Lipinski definition) is 8. The van der Waals surface area contributed by atoms with E-state index in [1.807, 2.05) is 25.1 Å². The molecule has 0 unspecified atom stereocenters. The number of carbonyl (C=O) groups excluding carboxylic acids is 1. The van der Waals surface area contributed by atoms with Crippen molar-refractivity contribution in [3.63, 3.8) is 0 Å². The van der Waals surface area contributed by atoms with Gasteiger partial charge in [-0.1, -0.05) is 12.1 Å². The van der Waals surface area contributed by atoms with Crippen molar-refractivity contribution >= 4 is 23.6 Å². The summed E-state index contributed by atoms with van der Waals surface area (Å²) in [6.45, 7) is 4.65. The Morgan fingerprint density at radius 3 is 2.86 bits per heavy atom. The average Bonchev–Trinajstić information content (AvgIpc) is 3.22. The predicted octanol–water partition coefficient (Wildman–Crippen LogP) is 2.38. The molecule has 0 fully saturated rings. The first-order valence-electron chi connectivity index (χ1n) is 8.73. The molecule has 0 atom stereocenters. The predicted molar refractivity (Wildman–Crippen MR) is 106 cm³/mol. The zero-order chi connectivity index (χ0) is 20.1. The number of hydrogen-bond donors (Lipinski definition) is 4. The Balaban J connectivity index is 1.80. The molecule has 1 amide bonds. The van der Waals surface area contributed by atoms with Gasteiger partial charge in [0, 0.05) is 30.6 Å². The number of anilines is 2. The summed E-state index contributed by atoms with van der Waals surface area (Å²) in [5.74, 6) is -0.165. The van der Waals surface area contributed by atoms with Gasteiger partial charge in [-0.15, -0.1) is 0 Å². The molecule has 28 heavy (non-hydrogen) atoms. The number of amides is 1. The molecule has 1 aromatic carbocycles. The van der Waals surface area contributed by atoms with Crippen molar-refractivity contribution in [2.75, 3.05) is 17.6 Å². The van der Waals surface area contributed by atoms with Crippen LogP contribution in [-0.4, -0.2) is 33.6 Å². The van der Waals surface area contributed by atoms with Crippen molar-refractivity contribution in [3.8, 4) is 11.6 Å². The number of nitrogens with one attached hydrogen (secondary N) is 3. The first kappa shape index (κ1) is 19.0. The number of benzene rings is 1. The van der Waals surface area contributed by atoms with E-state index in [1.54, 1.807) is 6.92 Å². The van der Waals surface area contributed by atoms with E-state index in [9.17, 15) is 4.79 Å². The summed E-state index contributed by atoms with van der Waals surface area (Å²) in [5, 5.41) is 13.7. The van der Waals surface area contributed by atoms with Crippen LogP contribution in [0.1, 0.15) is 34.2 Å². The Labute approximate surface area is 161 Å². The topological polar surface area (TPSA) is 143 Å². The number of rotatable bonds is 7. The molecule has 9 nitrogen and oxygen atoms in total. The van der Waals surface area contributed by atoms with Gasteiger partial charge in [0.25, 0.3) is 5.91 Å². The molecular formula is C19H21N7O2. The third-order valence-electron chi connectivity index (χ3n) is 4.09. The average molecular weight is 379 g/mol. The largest absolute Gasteiger partial charge is 0.443 e. The highest BCUT2D eigenvalue weighted by Gasteiger charge is 2.19. The van der Waals surface area contributed by atoms with Gasteiger partial charge in [0.2, 0.25) is 5.89 Å². The van der Waals surface area contributed by atoms with E-state index in [2.05, 4.69) is 25.6 Å². The first-order valence-corrected chi connectivity index (χ1v) is 8.73. The van der Waals surface area contributed by atoms with Gasteiger partial charge in [-0.25, -0.2) is 15.0 Å². The van der Waals surface area contributed by atoms with Crippen LogP contribution in [0.15, 0.2) is 35.1 Å². The lowest BCUT2D eigenvalue weighted by atomic mass is 10.1. The van der Waals surface area contributed by atoms with Crippen LogP contribution in [0.3, 0.4) is 0 Å². The van der Waals surface area contributed by atoms with E-state index in [0.717, 1.165) is 23.4 Å². The Morgan fingerprint density at radius 2 is 2.18 bits per heavy atom. The summed E-state index contributed by atoms with van der Waals surface area (Å²) < 4.78 is 5.22. The van der Waals surface area contributed by atoms with E-state index >= 15 is 0 Å². The van der Waals surface area contributed by atoms with Crippen molar-refractivity contribution in [3.05, 3.63) is 53.2 Å². The van der Waals surface area contributed by atoms with Gasteiger partial charge in [-0.05, 0) is 25.5 Å². The van der Waals surface area contributed by atoms with Crippen molar-refractivity contribution in [1.29, 1.82) is 5.41 Å². The van der Waals surface area contributed by atoms with Crippen LogP contribution in [0.5, 0.6) is 0 Å². The molecule has 144 valence electrons.